The minimum atomic E-state index is -0.915. The van der Waals surface area contributed by atoms with Gasteiger partial charge >= 0.3 is 5.97 Å². The SMILES string of the molecule is O=C(O)C1CCCCCN1C(=O)C=Cc1ccc(Br)cc1. The van der Waals surface area contributed by atoms with E-state index in [0.717, 1.165) is 29.3 Å². The van der Waals surface area contributed by atoms with Crippen molar-refractivity contribution < 1.29 is 14.7 Å². The number of carboxylic acid groups (broad SMARTS) is 1. The number of carbonyl (C=O) groups excluding carboxylic acids is 1. The first-order valence-electron chi connectivity index (χ1n) is 7.05. The third-order valence-electron chi connectivity index (χ3n) is 3.61. The van der Waals surface area contributed by atoms with Gasteiger partial charge in [0.05, 0.1) is 0 Å². The summed E-state index contributed by atoms with van der Waals surface area (Å²) in [6, 6.07) is 6.89. The average molecular weight is 352 g/mol. The minimum absolute atomic E-state index is 0.229. The first-order valence-corrected chi connectivity index (χ1v) is 7.84. The van der Waals surface area contributed by atoms with E-state index in [0.29, 0.717) is 13.0 Å². The van der Waals surface area contributed by atoms with Crippen molar-refractivity contribution >= 4 is 33.9 Å². The molecule has 112 valence electrons. The molecule has 1 atom stereocenters. The van der Waals surface area contributed by atoms with Crippen LogP contribution in [-0.2, 0) is 9.59 Å². The van der Waals surface area contributed by atoms with Crippen molar-refractivity contribution in [3.63, 3.8) is 0 Å². The molecule has 1 amide bonds. The number of hydrogen-bond donors (Lipinski definition) is 1. The number of nitrogens with zero attached hydrogens (tertiary/aromatic N) is 1. The van der Waals surface area contributed by atoms with Gasteiger partial charge in [-0.3, -0.25) is 4.79 Å². The van der Waals surface area contributed by atoms with E-state index in [1.54, 1.807) is 6.08 Å². The second kappa shape index (κ2) is 7.41. The highest BCUT2D eigenvalue weighted by Gasteiger charge is 2.29. The van der Waals surface area contributed by atoms with E-state index in [4.69, 9.17) is 0 Å². The Kier molecular flexibility index (Phi) is 5.56. The number of halogens is 1. The maximum absolute atomic E-state index is 12.3. The molecule has 1 aromatic rings. The lowest BCUT2D eigenvalue weighted by molar-refractivity contribution is -0.148. The number of rotatable bonds is 3. The van der Waals surface area contributed by atoms with Crippen molar-refractivity contribution in [3.05, 3.63) is 40.4 Å². The topological polar surface area (TPSA) is 57.6 Å². The quantitative estimate of drug-likeness (QED) is 0.849. The maximum Gasteiger partial charge on any atom is 0.326 e. The second-order valence-electron chi connectivity index (χ2n) is 5.12. The van der Waals surface area contributed by atoms with E-state index in [9.17, 15) is 14.7 Å². The van der Waals surface area contributed by atoms with Crippen molar-refractivity contribution in [1.29, 1.82) is 0 Å². The molecular weight excluding hydrogens is 334 g/mol. The Balaban J connectivity index is 2.09. The van der Waals surface area contributed by atoms with E-state index in [-0.39, 0.29) is 5.91 Å². The molecule has 0 bridgehead atoms. The number of carbonyl (C=O) groups is 2. The smallest absolute Gasteiger partial charge is 0.326 e. The van der Waals surface area contributed by atoms with Crippen LogP contribution in [0.3, 0.4) is 0 Å². The van der Waals surface area contributed by atoms with Crippen LogP contribution in [0, 0.1) is 0 Å². The molecule has 1 aliphatic rings. The molecular formula is C16H18BrNO3. The molecule has 5 heteroatoms. The number of benzene rings is 1. The zero-order chi connectivity index (χ0) is 15.2. The summed E-state index contributed by atoms with van der Waals surface area (Å²) in [6.07, 6.45) is 6.42. The molecule has 2 rings (SSSR count). The lowest BCUT2D eigenvalue weighted by Crippen LogP contribution is -2.43. The molecule has 1 N–H and O–H groups in total. The van der Waals surface area contributed by atoms with Crippen LogP contribution in [0.4, 0.5) is 0 Å². The number of amides is 1. The molecule has 0 radical (unpaired) electrons. The van der Waals surface area contributed by atoms with Crippen LogP contribution in [0.15, 0.2) is 34.8 Å². The fourth-order valence-electron chi connectivity index (χ4n) is 2.47. The van der Waals surface area contributed by atoms with Gasteiger partial charge in [-0.2, -0.15) is 0 Å². The summed E-state index contributed by atoms with van der Waals surface area (Å²) in [5.74, 6) is -1.14. The van der Waals surface area contributed by atoms with E-state index < -0.39 is 12.0 Å². The second-order valence-corrected chi connectivity index (χ2v) is 6.04. The fraction of sp³-hybridized carbons (Fsp3) is 0.375. The van der Waals surface area contributed by atoms with Crippen LogP contribution in [0.2, 0.25) is 0 Å². The summed E-state index contributed by atoms with van der Waals surface area (Å²) in [5.41, 5.74) is 0.910. The van der Waals surface area contributed by atoms with Gasteiger partial charge in [-0.05, 0) is 36.6 Å². The van der Waals surface area contributed by atoms with Gasteiger partial charge < -0.3 is 10.0 Å². The Hall–Kier alpha value is -1.62. The molecule has 1 heterocycles. The Labute approximate surface area is 132 Å². The first kappa shape index (κ1) is 15.8. The molecule has 0 aromatic heterocycles. The Morgan fingerprint density at radius 3 is 2.57 bits per heavy atom. The third kappa shape index (κ3) is 4.43. The molecule has 0 aliphatic carbocycles. The predicted molar refractivity (Wildman–Crippen MR) is 84.8 cm³/mol. The van der Waals surface area contributed by atoms with Gasteiger partial charge in [0.1, 0.15) is 6.04 Å². The minimum Gasteiger partial charge on any atom is -0.480 e. The van der Waals surface area contributed by atoms with Gasteiger partial charge in [0.25, 0.3) is 0 Å². The zero-order valence-electron chi connectivity index (χ0n) is 11.7. The third-order valence-corrected chi connectivity index (χ3v) is 4.14. The molecule has 1 aliphatic heterocycles. The number of hydrogen-bond acceptors (Lipinski definition) is 2. The molecule has 1 aromatic carbocycles. The summed E-state index contributed by atoms with van der Waals surface area (Å²) >= 11 is 3.36. The van der Waals surface area contributed by atoms with Gasteiger partial charge in [0.2, 0.25) is 5.91 Å². The molecule has 1 saturated heterocycles. The molecule has 21 heavy (non-hydrogen) atoms. The Morgan fingerprint density at radius 1 is 1.19 bits per heavy atom. The van der Waals surface area contributed by atoms with Crippen LogP contribution in [0.1, 0.15) is 31.2 Å². The highest BCUT2D eigenvalue weighted by molar-refractivity contribution is 9.10. The Bertz CT molecular complexity index is 539. The van der Waals surface area contributed by atoms with Crippen molar-refractivity contribution in [2.75, 3.05) is 6.54 Å². The molecule has 0 saturated carbocycles. The van der Waals surface area contributed by atoms with E-state index >= 15 is 0 Å². The standard InChI is InChI=1S/C16H18BrNO3/c17-13-8-5-12(6-9-13)7-10-15(19)18-11-3-1-2-4-14(18)16(20)21/h5-10,14H,1-4,11H2,(H,20,21). The highest BCUT2D eigenvalue weighted by Crippen LogP contribution is 2.18. The number of aliphatic carboxylic acids is 1. The van der Waals surface area contributed by atoms with Crippen molar-refractivity contribution in [2.45, 2.75) is 31.7 Å². The average Bonchev–Trinajstić information content (AvgIpc) is 2.72. The van der Waals surface area contributed by atoms with Crippen molar-refractivity contribution in [2.24, 2.45) is 0 Å². The summed E-state index contributed by atoms with van der Waals surface area (Å²) in [4.78, 5) is 25.1. The van der Waals surface area contributed by atoms with Crippen molar-refractivity contribution in [3.8, 4) is 0 Å². The zero-order valence-corrected chi connectivity index (χ0v) is 13.3. The maximum atomic E-state index is 12.3. The van der Waals surface area contributed by atoms with Gasteiger partial charge in [0.15, 0.2) is 0 Å². The van der Waals surface area contributed by atoms with Crippen LogP contribution in [-0.4, -0.2) is 34.5 Å². The van der Waals surface area contributed by atoms with Crippen LogP contribution < -0.4 is 0 Å². The number of likely N-dealkylation sites (tertiary alicyclic amines) is 1. The van der Waals surface area contributed by atoms with Crippen LogP contribution in [0.5, 0.6) is 0 Å². The predicted octanol–water partition coefficient (Wildman–Crippen LogP) is 3.32. The van der Waals surface area contributed by atoms with Crippen molar-refractivity contribution in [1.82, 2.24) is 4.90 Å². The summed E-state index contributed by atoms with van der Waals surface area (Å²) < 4.78 is 0.976. The normalized spacial score (nSPS) is 19.5. The Morgan fingerprint density at radius 2 is 1.90 bits per heavy atom. The van der Waals surface area contributed by atoms with Gasteiger partial charge in [-0.25, -0.2) is 4.79 Å². The molecule has 1 unspecified atom stereocenters. The lowest BCUT2D eigenvalue weighted by Gasteiger charge is -2.25. The molecule has 4 nitrogen and oxygen atoms in total. The lowest BCUT2D eigenvalue weighted by atomic mass is 10.1. The first-order chi connectivity index (χ1) is 10.1. The van der Waals surface area contributed by atoms with Gasteiger partial charge in [-0.15, -0.1) is 0 Å². The largest absolute Gasteiger partial charge is 0.480 e. The van der Waals surface area contributed by atoms with Gasteiger partial charge in [-0.1, -0.05) is 40.9 Å². The summed E-state index contributed by atoms with van der Waals surface area (Å²) in [5, 5.41) is 9.28. The van der Waals surface area contributed by atoms with E-state index in [1.165, 1.54) is 11.0 Å². The summed E-state index contributed by atoms with van der Waals surface area (Å²) in [7, 11) is 0. The summed E-state index contributed by atoms with van der Waals surface area (Å²) in [6.45, 7) is 0.514. The molecule has 0 spiro atoms. The number of carboxylic acids is 1. The van der Waals surface area contributed by atoms with Gasteiger partial charge in [0, 0.05) is 17.1 Å². The fourth-order valence-corrected chi connectivity index (χ4v) is 2.73. The van der Waals surface area contributed by atoms with Crippen LogP contribution >= 0.6 is 15.9 Å². The monoisotopic (exact) mass is 351 g/mol. The highest BCUT2D eigenvalue weighted by atomic mass is 79.9. The van der Waals surface area contributed by atoms with E-state index in [2.05, 4.69) is 15.9 Å². The van der Waals surface area contributed by atoms with Crippen LogP contribution in [0.25, 0.3) is 6.08 Å². The molecule has 1 fully saturated rings. The van der Waals surface area contributed by atoms with E-state index in [1.807, 2.05) is 24.3 Å².